The summed E-state index contributed by atoms with van der Waals surface area (Å²) in [5.41, 5.74) is 6.87. The number of nitrogens with two attached hydrogens (primary N) is 1. The highest BCUT2D eigenvalue weighted by molar-refractivity contribution is 5.98. The highest BCUT2D eigenvalue weighted by Gasteiger charge is 2.22. The molecule has 5 heteroatoms. The number of halogens is 1. The van der Waals surface area contributed by atoms with E-state index in [9.17, 15) is 4.39 Å². The van der Waals surface area contributed by atoms with Crippen LogP contribution in [0.5, 0.6) is 0 Å². The van der Waals surface area contributed by atoms with E-state index in [2.05, 4.69) is 17.4 Å². The zero-order valence-electron chi connectivity index (χ0n) is 11.1. The fraction of sp³-hybridized carbons (Fsp3) is 0.500. The molecule has 0 radical (unpaired) electrons. The maximum absolute atomic E-state index is 13.2. The molecule has 2 rings (SSSR count). The molecule has 104 valence electrons. The fourth-order valence-electron chi connectivity index (χ4n) is 2.68. The third kappa shape index (κ3) is 3.23. The number of hydrogen-bond donors (Lipinski definition) is 3. The normalized spacial score (nSPS) is 23.8. The summed E-state index contributed by atoms with van der Waals surface area (Å²) in [7, 11) is 0. The maximum atomic E-state index is 13.2. The predicted octanol–water partition coefficient (Wildman–Crippen LogP) is 2.20. The molecule has 1 fully saturated rings. The van der Waals surface area contributed by atoms with Gasteiger partial charge in [0.25, 0.3) is 0 Å². The summed E-state index contributed by atoms with van der Waals surface area (Å²) in [6, 6.07) is 4.85. The van der Waals surface area contributed by atoms with Crippen molar-refractivity contribution in [1.29, 1.82) is 0 Å². The Labute approximate surface area is 112 Å². The van der Waals surface area contributed by atoms with E-state index in [1.54, 1.807) is 6.07 Å². The van der Waals surface area contributed by atoms with Crippen molar-refractivity contribution in [3.05, 3.63) is 35.1 Å². The molecule has 1 aromatic rings. The highest BCUT2D eigenvalue weighted by atomic mass is 19.1. The average molecular weight is 265 g/mol. The minimum Gasteiger partial charge on any atom is -0.409 e. The molecule has 4 N–H and O–H groups in total. The second kappa shape index (κ2) is 6.02. The van der Waals surface area contributed by atoms with Gasteiger partial charge in [-0.25, -0.2) is 4.39 Å². The standard InChI is InChI=1S/C14H20FN3O/c1-9-3-2-4-13(9)17-8-10-5-6-11(15)7-12(10)14(16)18-19/h5-7,9,13,17,19H,2-4,8H2,1H3,(H2,16,18). The predicted molar refractivity (Wildman–Crippen MR) is 72.6 cm³/mol. The zero-order valence-corrected chi connectivity index (χ0v) is 11.1. The molecule has 0 bridgehead atoms. The van der Waals surface area contributed by atoms with Gasteiger partial charge >= 0.3 is 0 Å². The van der Waals surface area contributed by atoms with Crippen LogP contribution in [0.4, 0.5) is 4.39 Å². The van der Waals surface area contributed by atoms with Crippen molar-refractivity contribution in [2.24, 2.45) is 16.8 Å². The Bertz CT molecular complexity index is 476. The van der Waals surface area contributed by atoms with Crippen LogP contribution in [0.3, 0.4) is 0 Å². The Kier molecular flexibility index (Phi) is 4.37. The van der Waals surface area contributed by atoms with Crippen molar-refractivity contribution in [1.82, 2.24) is 5.32 Å². The summed E-state index contributed by atoms with van der Waals surface area (Å²) in [5.74, 6) is 0.211. The van der Waals surface area contributed by atoms with Crippen molar-refractivity contribution in [3.63, 3.8) is 0 Å². The Hall–Kier alpha value is -1.62. The molecule has 19 heavy (non-hydrogen) atoms. The van der Waals surface area contributed by atoms with Crippen molar-refractivity contribution in [2.75, 3.05) is 0 Å². The van der Waals surface area contributed by atoms with Gasteiger partial charge < -0.3 is 16.3 Å². The Morgan fingerprint density at radius 2 is 2.32 bits per heavy atom. The van der Waals surface area contributed by atoms with Gasteiger partial charge in [0.2, 0.25) is 0 Å². The molecule has 2 atom stereocenters. The van der Waals surface area contributed by atoms with Gasteiger partial charge in [-0.3, -0.25) is 0 Å². The molecule has 0 spiro atoms. The lowest BCUT2D eigenvalue weighted by atomic mass is 10.0. The van der Waals surface area contributed by atoms with E-state index in [1.165, 1.54) is 31.4 Å². The van der Waals surface area contributed by atoms with Crippen molar-refractivity contribution < 1.29 is 9.60 Å². The van der Waals surface area contributed by atoms with Gasteiger partial charge in [-0.05, 0) is 36.5 Å². The molecule has 1 aromatic carbocycles. The first-order chi connectivity index (χ1) is 9.11. The van der Waals surface area contributed by atoms with E-state index in [1.807, 2.05) is 0 Å². The molecular weight excluding hydrogens is 245 g/mol. The first kappa shape index (κ1) is 13.8. The van der Waals surface area contributed by atoms with Crippen LogP contribution in [-0.4, -0.2) is 17.1 Å². The van der Waals surface area contributed by atoms with Gasteiger partial charge in [0.1, 0.15) is 5.82 Å². The molecule has 0 amide bonds. The van der Waals surface area contributed by atoms with Crippen LogP contribution in [0.25, 0.3) is 0 Å². The summed E-state index contributed by atoms with van der Waals surface area (Å²) in [5, 5.41) is 15.2. The Balaban J connectivity index is 2.11. The molecule has 1 aliphatic carbocycles. The van der Waals surface area contributed by atoms with Crippen LogP contribution in [-0.2, 0) is 6.54 Å². The number of rotatable bonds is 4. The minimum absolute atomic E-state index is 0.0595. The SMILES string of the molecule is CC1CCCC1NCc1ccc(F)cc1C(N)=NO. The lowest BCUT2D eigenvalue weighted by molar-refractivity contribution is 0.318. The first-order valence-corrected chi connectivity index (χ1v) is 6.61. The molecule has 1 saturated carbocycles. The van der Waals surface area contributed by atoms with E-state index in [0.717, 1.165) is 5.56 Å². The third-order valence-corrected chi connectivity index (χ3v) is 3.87. The summed E-state index contributed by atoms with van der Waals surface area (Å²) in [6.07, 6.45) is 3.66. The lowest BCUT2D eigenvalue weighted by Gasteiger charge is -2.18. The summed E-state index contributed by atoms with van der Waals surface area (Å²) in [6.45, 7) is 2.83. The third-order valence-electron chi connectivity index (χ3n) is 3.87. The van der Waals surface area contributed by atoms with Crippen LogP contribution in [0.1, 0.15) is 37.3 Å². The van der Waals surface area contributed by atoms with Gasteiger partial charge in [-0.2, -0.15) is 0 Å². The molecule has 0 aliphatic heterocycles. The second-order valence-corrected chi connectivity index (χ2v) is 5.18. The van der Waals surface area contributed by atoms with Crippen LogP contribution in [0.15, 0.2) is 23.4 Å². The van der Waals surface area contributed by atoms with E-state index in [-0.39, 0.29) is 11.7 Å². The number of amidine groups is 1. The number of oxime groups is 1. The van der Waals surface area contributed by atoms with Gasteiger partial charge in [0.15, 0.2) is 5.84 Å². The van der Waals surface area contributed by atoms with E-state index < -0.39 is 0 Å². The van der Waals surface area contributed by atoms with Crippen LogP contribution >= 0.6 is 0 Å². The van der Waals surface area contributed by atoms with E-state index >= 15 is 0 Å². The summed E-state index contributed by atoms with van der Waals surface area (Å²) < 4.78 is 13.2. The summed E-state index contributed by atoms with van der Waals surface area (Å²) in [4.78, 5) is 0. The van der Waals surface area contributed by atoms with Crippen LogP contribution in [0, 0.1) is 11.7 Å². The fourth-order valence-corrected chi connectivity index (χ4v) is 2.68. The highest BCUT2D eigenvalue weighted by Crippen LogP contribution is 2.25. The van der Waals surface area contributed by atoms with Crippen molar-refractivity contribution >= 4 is 5.84 Å². The topological polar surface area (TPSA) is 70.6 Å². The molecule has 0 aromatic heterocycles. The second-order valence-electron chi connectivity index (χ2n) is 5.18. The zero-order chi connectivity index (χ0) is 13.8. The molecule has 0 saturated heterocycles. The maximum Gasteiger partial charge on any atom is 0.170 e. The monoisotopic (exact) mass is 265 g/mol. The van der Waals surface area contributed by atoms with E-state index in [0.29, 0.717) is 24.1 Å². The average Bonchev–Trinajstić information content (AvgIpc) is 2.82. The molecule has 4 nitrogen and oxygen atoms in total. The van der Waals surface area contributed by atoms with Crippen LogP contribution in [0.2, 0.25) is 0 Å². The van der Waals surface area contributed by atoms with Gasteiger partial charge in [-0.15, -0.1) is 0 Å². The van der Waals surface area contributed by atoms with Gasteiger partial charge in [0.05, 0.1) is 0 Å². The van der Waals surface area contributed by atoms with Crippen LogP contribution < -0.4 is 11.1 Å². The minimum atomic E-state index is -0.389. The van der Waals surface area contributed by atoms with Gasteiger partial charge in [-0.1, -0.05) is 24.6 Å². The van der Waals surface area contributed by atoms with Crippen molar-refractivity contribution in [2.45, 2.75) is 38.8 Å². The van der Waals surface area contributed by atoms with E-state index in [4.69, 9.17) is 10.9 Å². The quantitative estimate of drug-likeness (QED) is 0.338. The Morgan fingerprint density at radius 3 is 2.95 bits per heavy atom. The molecule has 2 unspecified atom stereocenters. The lowest BCUT2D eigenvalue weighted by Crippen LogP contribution is -2.31. The summed E-state index contributed by atoms with van der Waals surface area (Å²) >= 11 is 0. The smallest absolute Gasteiger partial charge is 0.170 e. The number of nitrogens with zero attached hydrogens (tertiary/aromatic N) is 1. The molecular formula is C14H20FN3O. The van der Waals surface area contributed by atoms with Crippen molar-refractivity contribution in [3.8, 4) is 0 Å². The first-order valence-electron chi connectivity index (χ1n) is 6.61. The Morgan fingerprint density at radius 1 is 1.53 bits per heavy atom. The molecule has 1 aliphatic rings. The number of nitrogens with one attached hydrogen (secondary N) is 1. The molecule has 0 heterocycles. The largest absolute Gasteiger partial charge is 0.409 e. The number of hydrogen-bond acceptors (Lipinski definition) is 3. The number of benzene rings is 1. The van der Waals surface area contributed by atoms with Gasteiger partial charge in [0, 0.05) is 18.2 Å².